The minimum atomic E-state index is -0.136. The van der Waals surface area contributed by atoms with Crippen molar-refractivity contribution in [3.63, 3.8) is 0 Å². The fraction of sp³-hybridized carbons (Fsp3) is 0.167. The number of thioether (sulfide) groups is 1. The highest BCUT2D eigenvalue weighted by molar-refractivity contribution is 7.98. The summed E-state index contributed by atoms with van der Waals surface area (Å²) in [6, 6.07) is 11.1. The van der Waals surface area contributed by atoms with Gasteiger partial charge >= 0.3 is 0 Å². The van der Waals surface area contributed by atoms with Crippen LogP contribution < -0.4 is 5.32 Å². The molecule has 3 aromatic rings. The van der Waals surface area contributed by atoms with Gasteiger partial charge in [-0.1, -0.05) is 17.3 Å². The van der Waals surface area contributed by atoms with Crippen molar-refractivity contribution in [3.05, 3.63) is 71.4 Å². The quantitative estimate of drug-likeness (QED) is 0.705. The van der Waals surface area contributed by atoms with Gasteiger partial charge in [0, 0.05) is 34.3 Å². The Labute approximate surface area is 144 Å². The average Bonchev–Trinajstić information content (AvgIpc) is 2.92. The molecule has 6 heteroatoms. The highest BCUT2D eigenvalue weighted by atomic mass is 32.2. The van der Waals surface area contributed by atoms with Gasteiger partial charge in [-0.2, -0.15) is 0 Å². The summed E-state index contributed by atoms with van der Waals surface area (Å²) in [5, 5.41) is 6.86. The van der Waals surface area contributed by atoms with Crippen LogP contribution in [0.25, 0.3) is 0 Å². The van der Waals surface area contributed by atoms with Crippen LogP contribution in [0.3, 0.4) is 0 Å². The number of nitrogens with zero attached hydrogens (tertiary/aromatic N) is 2. The van der Waals surface area contributed by atoms with Gasteiger partial charge in [0.15, 0.2) is 0 Å². The summed E-state index contributed by atoms with van der Waals surface area (Å²) in [7, 11) is 0. The molecule has 3 rings (SSSR count). The van der Waals surface area contributed by atoms with Gasteiger partial charge in [-0.25, -0.2) is 0 Å². The first-order valence-corrected chi connectivity index (χ1v) is 8.48. The first-order chi connectivity index (χ1) is 11.6. The molecule has 0 unspecified atom stereocenters. The summed E-state index contributed by atoms with van der Waals surface area (Å²) in [6.07, 6.45) is 3.29. The van der Waals surface area contributed by atoms with E-state index in [1.807, 2.05) is 38.1 Å². The van der Waals surface area contributed by atoms with Crippen molar-refractivity contribution in [1.82, 2.24) is 10.1 Å². The number of benzene rings is 1. The molecule has 0 aliphatic rings. The topological polar surface area (TPSA) is 68.0 Å². The van der Waals surface area contributed by atoms with Gasteiger partial charge in [-0.3, -0.25) is 9.78 Å². The summed E-state index contributed by atoms with van der Waals surface area (Å²) in [5.41, 5.74) is 3.33. The van der Waals surface area contributed by atoms with Crippen LogP contribution >= 0.6 is 11.8 Å². The van der Waals surface area contributed by atoms with Crippen LogP contribution in [-0.4, -0.2) is 16.0 Å². The molecule has 0 fully saturated rings. The van der Waals surface area contributed by atoms with Crippen LogP contribution in [0.15, 0.2) is 58.2 Å². The zero-order valence-corrected chi connectivity index (χ0v) is 14.3. The monoisotopic (exact) mass is 339 g/mol. The molecule has 0 atom stereocenters. The van der Waals surface area contributed by atoms with E-state index in [4.69, 9.17) is 4.52 Å². The third kappa shape index (κ3) is 3.65. The molecule has 0 aliphatic carbocycles. The van der Waals surface area contributed by atoms with Gasteiger partial charge in [0.2, 0.25) is 0 Å². The minimum Gasteiger partial charge on any atom is -0.361 e. The lowest BCUT2D eigenvalue weighted by Crippen LogP contribution is -2.12. The van der Waals surface area contributed by atoms with E-state index >= 15 is 0 Å². The van der Waals surface area contributed by atoms with E-state index in [-0.39, 0.29) is 5.91 Å². The van der Waals surface area contributed by atoms with Crippen molar-refractivity contribution in [2.75, 3.05) is 5.32 Å². The molecule has 2 aromatic heterocycles. The van der Waals surface area contributed by atoms with E-state index in [1.54, 1.807) is 36.3 Å². The number of aromatic nitrogens is 2. The maximum Gasteiger partial charge on any atom is 0.256 e. The molecule has 0 spiro atoms. The first-order valence-electron chi connectivity index (χ1n) is 7.50. The number of aryl methyl sites for hydroxylation is 2. The molecular formula is C18H17N3O2S. The van der Waals surface area contributed by atoms with Crippen molar-refractivity contribution in [1.29, 1.82) is 0 Å². The Morgan fingerprint density at radius 2 is 1.92 bits per heavy atom. The summed E-state index contributed by atoms with van der Waals surface area (Å²) in [6.45, 7) is 3.83. The van der Waals surface area contributed by atoms with Crippen LogP contribution in [-0.2, 0) is 5.75 Å². The Bertz CT molecular complexity index is 827. The van der Waals surface area contributed by atoms with E-state index in [0.29, 0.717) is 11.3 Å². The molecule has 2 heterocycles. The molecule has 5 nitrogen and oxygen atoms in total. The smallest absolute Gasteiger partial charge is 0.256 e. The number of hydrogen-bond acceptors (Lipinski definition) is 5. The fourth-order valence-electron chi connectivity index (χ4n) is 2.27. The number of rotatable bonds is 5. The zero-order valence-electron chi connectivity index (χ0n) is 13.4. The van der Waals surface area contributed by atoms with Gasteiger partial charge in [-0.05, 0) is 38.1 Å². The van der Waals surface area contributed by atoms with E-state index < -0.39 is 0 Å². The molecule has 0 radical (unpaired) electrons. The second kappa shape index (κ2) is 7.31. The van der Waals surface area contributed by atoms with Crippen molar-refractivity contribution >= 4 is 23.4 Å². The number of carbonyl (C=O) groups excluding carboxylic acids is 1. The average molecular weight is 339 g/mol. The Balaban J connectivity index is 1.76. The number of pyridine rings is 1. The van der Waals surface area contributed by atoms with Crippen molar-refractivity contribution in [3.8, 4) is 0 Å². The second-order valence-electron chi connectivity index (χ2n) is 5.28. The van der Waals surface area contributed by atoms with E-state index in [2.05, 4.69) is 15.5 Å². The molecular weight excluding hydrogens is 322 g/mol. The van der Waals surface area contributed by atoms with Crippen molar-refractivity contribution in [2.24, 2.45) is 0 Å². The van der Waals surface area contributed by atoms with Crippen LogP contribution in [0.5, 0.6) is 0 Å². The third-order valence-electron chi connectivity index (χ3n) is 3.62. The molecule has 0 bridgehead atoms. The molecule has 0 saturated carbocycles. The number of anilines is 1. The van der Waals surface area contributed by atoms with Gasteiger partial charge < -0.3 is 9.84 Å². The predicted octanol–water partition coefficient (Wildman–Crippen LogP) is 4.23. The zero-order chi connectivity index (χ0) is 16.9. The van der Waals surface area contributed by atoms with Crippen LogP contribution in [0.4, 0.5) is 5.69 Å². The minimum absolute atomic E-state index is 0.136. The number of nitrogens with one attached hydrogen (secondary N) is 1. The van der Waals surface area contributed by atoms with Gasteiger partial charge in [0.05, 0.1) is 11.3 Å². The summed E-state index contributed by atoms with van der Waals surface area (Å²) < 4.78 is 5.19. The molecule has 1 N–H and O–H groups in total. The predicted molar refractivity (Wildman–Crippen MR) is 94.2 cm³/mol. The van der Waals surface area contributed by atoms with Gasteiger partial charge in [0.1, 0.15) is 5.76 Å². The Morgan fingerprint density at radius 3 is 2.62 bits per heavy atom. The molecule has 122 valence electrons. The fourth-order valence-corrected chi connectivity index (χ4v) is 3.47. The molecule has 0 aliphatic heterocycles. The number of amides is 1. The van der Waals surface area contributed by atoms with E-state index in [0.717, 1.165) is 27.6 Å². The summed E-state index contributed by atoms with van der Waals surface area (Å²) in [5.74, 6) is 1.39. The Morgan fingerprint density at radius 1 is 1.17 bits per heavy atom. The first kappa shape index (κ1) is 16.3. The maximum atomic E-state index is 12.6. The molecule has 1 aromatic carbocycles. The third-order valence-corrected chi connectivity index (χ3v) is 4.72. The number of hydrogen-bond donors (Lipinski definition) is 1. The molecule has 24 heavy (non-hydrogen) atoms. The lowest BCUT2D eigenvalue weighted by Gasteiger charge is -2.10. The molecule has 0 saturated heterocycles. The molecule has 1 amide bonds. The van der Waals surface area contributed by atoms with Gasteiger partial charge in [0.25, 0.3) is 5.91 Å². The summed E-state index contributed by atoms with van der Waals surface area (Å²) >= 11 is 1.60. The van der Waals surface area contributed by atoms with Gasteiger partial charge in [-0.15, -0.1) is 11.8 Å². The van der Waals surface area contributed by atoms with E-state index in [1.165, 1.54) is 0 Å². The highest BCUT2D eigenvalue weighted by Crippen LogP contribution is 2.29. The lowest BCUT2D eigenvalue weighted by molar-refractivity contribution is 0.102. The Kier molecular flexibility index (Phi) is 4.96. The maximum absolute atomic E-state index is 12.6. The SMILES string of the molecule is Cc1noc(C)c1CSc1ccccc1C(=O)Nc1ccncc1. The van der Waals surface area contributed by atoms with Crippen LogP contribution in [0, 0.1) is 13.8 Å². The number of carbonyl (C=O) groups is 1. The lowest BCUT2D eigenvalue weighted by atomic mass is 10.2. The Hall–Kier alpha value is -2.60. The van der Waals surface area contributed by atoms with E-state index in [9.17, 15) is 4.79 Å². The van der Waals surface area contributed by atoms with Crippen LogP contribution in [0.1, 0.15) is 27.4 Å². The standard InChI is InChI=1S/C18H17N3O2S/c1-12-16(13(2)23-21-12)11-24-17-6-4-3-5-15(17)18(22)20-14-7-9-19-10-8-14/h3-10H,11H2,1-2H3,(H,19,20,22). The normalized spacial score (nSPS) is 10.6. The van der Waals surface area contributed by atoms with Crippen molar-refractivity contribution < 1.29 is 9.32 Å². The summed E-state index contributed by atoms with van der Waals surface area (Å²) in [4.78, 5) is 17.4. The highest BCUT2D eigenvalue weighted by Gasteiger charge is 2.14. The van der Waals surface area contributed by atoms with Crippen molar-refractivity contribution in [2.45, 2.75) is 24.5 Å². The van der Waals surface area contributed by atoms with Crippen LogP contribution in [0.2, 0.25) is 0 Å². The second-order valence-corrected chi connectivity index (χ2v) is 6.29. The largest absolute Gasteiger partial charge is 0.361 e.